The summed E-state index contributed by atoms with van der Waals surface area (Å²) in [5.74, 6) is -0.492. The zero-order valence-corrected chi connectivity index (χ0v) is 10.5. The number of ether oxygens (including phenoxy) is 1. The third kappa shape index (κ3) is 3.27. The van der Waals surface area contributed by atoms with Crippen LogP contribution in [0.15, 0.2) is 12.1 Å². The van der Waals surface area contributed by atoms with Crippen LogP contribution in [0.25, 0.3) is 0 Å². The number of benzene rings is 1. The number of halogens is 4. The van der Waals surface area contributed by atoms with Gasteiger partial charge in [0.25, 0.3) is 0 Å². The second kappa shape index (κ2) is 5.07. The van der Waals surface area contributed by atoms with E-state index in [0.29, 0.717) is 8.59 Å². The average Bonchev–Trinajstić information content (AvgIpc) is 2.08. The molecule has 0 saturated carbocycles. The molecule has 0 aromatic heterocycles. The normalized spacial score (nSPS) is 10.5. The molecule has 0 radical (unpaired) electrons. The first-order chi connectivity index (χ1) is 6.91. The molecule has 0 amide bonds. The molecule has 1 rings (SSSR count). The summed E-state index contributed by atoms with van der Waals surface area (Å²) in [6.07, 6.45) is 0. The second-order valence-corrected chi connectivity index (χ2v) is 4.30. The second-order valence-electron chi connectivity index (χ2n) is 2.70. The standard InChI is InChI=1S/C9H6ClF2IO2/c1-4(14)6-2-5(10)3-7(13)8(6)15-9(11)12/h2-3,9H,1H3. The Morgan fingerprint density at radius 3 is 2.60 bits per heavy atom. The Labute approximate surface area is 104 Å². The number of hydrogen-bond acceptors (Lipinski definition) is 2. The summed E-state index contributed by atoms with van der Waals surface area (Å²) >= 11 is 7.49. The van der Waals surface area contributed by atoms with Gasteiger partial charge < -0.3 is 4.74 Å². The fourth-order valence-electron chi connectivity index (χ4n) is 1.03. The Balaban J connectivity index is 3.27. The highest BCUT2D eigenvalue weighted by atomic mass is 127. The molecule has 0 aliphatic carbocycles. The van der Waals surface area contributed by atoms with Crippen molar-refractivity contribution in [2.75, 3.05) is 0 Å². The number of carbonyl (C=O) groups is 1. The number of carbonyl (C=O) groups excluding carboxylic acids is 1. The van der Waals surface area contributed by atoms with E-state index in [0.717, 1.165) is 0 Å². The maximum absolute atomic E-state index is 12.1. The summed E-state index contributed by atoms with van der Waals surface area (Å²) in [7, 11) is 0. The fraction of sp³-hybridized carbons (Fsp3) is 0.222. The van der Waals surface area contributed by atoms with Crippen LogP contribution < -0.4 is 4.74 Å². The predicted molar refractivity (Wildman–Crippen MR) is 60.8 cm³/mol. The van der Waals surface area contributed by atoms with Crippen LogP contribution in [0, 0.1) is 3.57 Å². The van der Waals surface area contributed by atoms with Gasteiger partial charge in [0.05, 0.1) is 9.13 Å². The minimum atomic E-state index is -2.96. The van der Waals surface area contributed by atoms with Crippen LogP contribution in [0.5, 0.6) is 5.75 Å². The molecular formula is C9H6ClF2IO2. The molecule has 0 bridgehead atoms. The van der Waals surface area contributed by atoms with E-state index < -0.39 is 6.61 Å². The number of Topliss-reactive ketones (excluding diaryl/α,β-unsaturated/α-hetero) is 1. The highest BCUT2D eigenvalue weighted by Crippen LogP contribution is 2.31. The highest BCUT2D eigenvalue weighted by Gasteiger charge is 2.17. The molecular weight excluding hydrogens is 340 g/mol. The summed E-state index contributed by atoms with van der Waals surface area (Å²) in [6.45, 7) is -1.70. The zero-order valence-electron chi connectivity index (χ0n) is 7.56. The Hall–Kier alpha value is -0.430. The zero-order chi connectivity index (χ0) is 11.6. The molecule has 0 heterocycles. The van der Waals surface area contributed by atoms with Gasteiger partial charge in [0.15, 0.2) is 5.78 Å². The van der Waals surface area contributed by atoms with Gasteiger partial charge in [0.2, 0.25) is 0 Å². The molecule has 6 heteroatoms. The molecule has 0 aliphatic heterocycles. The van der Waals surface area contributed by atoms with Crippen LogP contribution >= 0.6 is 34.2 Å². The first-order valence-electron chi connectivity index (χ1n) is 3.86. The average molecular weight is 346 g/mol. The summed E-state index contributed by atoms with van der Waals surface area (Å²) in [4.78, 5) is 11.2. The lowest BCUT2D eigenvalue weighted by Crippen LogP contribution is -2.08. The summed E-state index contributed by atoms with van der Waals surface area (Å²) in [6, 6.07) is 2.76. The van der Waals surface area contributed by atoms with Gasteiger partial charge >= 0.3 is 6.61 Å². The maximum atomic E-state index is 12.1. The Morgan fingerprint density at radius 1 is 1.53 bits per heavy atom. The van der Waals surface area contributed by atoms with Gasteiger partial charge in [0, 0.05) is 5.02 Å². The topological polar surface area (TPSA) is 26.3 Å². The summed E-state index contributed by atoms with van der Waals surface area (Å²) < 4.78 is 28.8. The number of alkyl halides is 2. The van der Waals surface area contributed by atoms with Gasteiger partial charge in [-0.15, -0.1) is 0 Å². The number of hydrogen-bond donors (Lipinski definition) is 0. The van der Waals surface area contributed by atoms with Gasteiger partial charge in [-0.3, -0.25) is 4.79 Å². The van der Waals surface area contributed by atoms with Crippen molar-refractivity contribution in [3.63, 3.8) is 0 Å². The van der Waals surface area contributed by atoms with E-state index in [1.807, 2.05) is 0 Å². The predicted octanol–water partition coefficient (Wildman–Crippen LogP) is 3.75. The van der Waals surface area contributed by atoms with Crippen LogP contribution in [0.4, 0.5) is 8.78 Å². The quantitative estimate of drug-likeness (QED) is 0.615. The first-order valence-corrected chi connectivity index (χ1v) is 5.32. The van der Waals surface area contributed by atoms with Crippen molar-refractivity contribution >= 4 is 40.0 Å². The molecule has 1 aromatic rings. The lowest BCUT2D eigenvalue weighted by Gasteiger charge is -2.11. The summed E-state index contributed by atoms with van der Waals surface area (Å²) in [5, 5.41) is 0.311. The SMILES string of the molecule is CC(=O)c1cc(Cl)cc(I)c1OC(F)F. The minimum Gasteiger partial charge on any atom is -0.433 e. The monoisotopic (exact) mass is 346 g/mol. The van der Waals surface area contributed by atoms with Crippen molar-refractivity contribution in [1.82, 2.24) is 0 Å². The van der Waals surface area contributed by atoms with Crippen LogP contribution in [-0.2, 0) is 0 Å². The highest BCUT2D eigenvalue weighted by molar-refractivity contribution is 14.1. The van der Waals surface area contributed by atoms with Crippen LogP contribution in [-0.4, -0.2) is 12.4 Å². The molecule has 0 atom stereocenters. The minimum absolute atomic E-state index is 0.0622. The molecule has 82 valence electrons. The third-order valence-corrected chi connectivity index (χ3v) is 2.61. The van der Waals surface area contributed by atoms with Crippen molar-refractivity contribution in [2.24, 2.45) is 0 Å². The number of rotatable bonds is 3. The molecule has 15 heavy (non-hydrogen) atoms. The Kier molecular flexibility index (Phi) is 4.27. The number of ketones is 1. The van der Waals surface area contributed by atoms with E-state index in [-0.39, 0.29) is 17.1 Å². The van der Waals surface area contributed by atoms with Crippen molar-refractivity contribution in [3.05, 3.63) is 26.3 Å². The molecule has 0 saturated heterocycles. The van der Waals surface area contributed by atoms with E-state index in [2.05, 4.69) is 4.74 Å². The van der Waals surface area contributed by atoms with Crippen LogP contribution in [0.2, 0.25) is 5.02 Å². The van der Waals surface area contributed by atoms with Crippen molar-refractivity contribution in [3.8, 4) is 5.75 Å². The Morgan fingerprint density at radius 2 is 2.13 bits per heavy atom. The third-order valence-electron chi connectivity index (χ3n) is 1.59. The van der Waals surface area contributed by atoms with Gasteiger partial charge in [-0.1, -0.05) is 11.6 Å². The van der Waals surface area contributed by atoms with Gasteiger partial charge in [0.1, 0.15) is 5.75 Å². The molecule has 0 N–H and O–H groups in total. The fourth-order valence-corrected chi connectivity index (χ4v) is 2.19. The van der Waals surface area contributed by atoms with Crippen molar-refractivity contribution in [2.45, 2.75) is 13.5 Å². The van der Waals surface area contributed by atoms with Gasteiger partial charge in [-0.2, -0.15) is 8.78 Å². The molecule has 2 nitrogen and oxygen atoms in total. The molecule has 0 fully saturated rings. The van der Waals surface area contributed by atoms with E-state index >= 15 is 0 Å². The van der Waals surface area contributed by atoms with Crippen LogP contribution in [0.3, 0.4) is 0 Å². The largest absolute Gasteiger partial charge is 0.433 e. The Bertz CT molecular complexity index is 396. The smallest absolute Gasteiger partial charge is 0.387 e. The van der Waals surface area contributed by atoms with Gasteiger partial charge in [-0.25, -0.2) is 0 Å². The molecule has 1 aromatic carbocycles. The lowest BCUT2D eigenvalue weighted by molar-refractivity contribution is -0.0507. The van der Waals surface area contributed by atoms with Crippen LogP contribution in [0.1, 0.15) is 17.3 Å². The van der Waals surface area contributed by atoms with Crippen molar-refractivity contribution < 1.29 is 18.3 Å². The van der Waals surface area contributed by atoms with E-state index in [9.17, 15) is 13.6 Å². The van der Waals surface area contributed by atoms with E-state index in [4.69, 9.17) is 11.6 Å². The van der Waals surface area contributed by atoms with E-state index in [1.165, 1.54) is 19.1 Å². The lowest BCUT2D eigenvalue weighted by atomic mass is 10.1. The molecule has 0 unspecified atom stereocenters. The molecule has 0 aliphatic rings. The first kappa shape index (κ1) is 12.6. The van der Waals surface area contributed by atoms with Gasteiger partial charge in [-0.05, 0) is 41.6 Å². The van der Waals surface area contributed by atoms with Crippen molar-refractivity contribution in [1.29, 1.82) is 0 Å². The molecule has 0 spiro atoms. The van der Waals surface area contributed by atoms with E-state index in [1.54, 1.807) is 22.6 Å². The maximum Gasteiger partial charge on any atom is 0.387 e. The summed E-state index contributed by atoms with van der Waals surface area (Å²) in [5.41, 5.74) is 0.0622.